The minimum atomic E-state index is -0.787. The van der Waals surface area contributed by atoms with Crippen molar-refractivity contribution in [3.8, 4) is 11.5 Å². The van der Waals surface area contributed by atoms with Gasteiger partial charge in [-0.05, 0) is 29.8 Å². The molecule has 0 aliphatic carbocycles. The minimum absolute atomic E-state index is 0.0127. The molecule has 0 saturated carbocycles. The molecule has 194 valence electrons. The van der Waals surface area contributed by atoms with E-state index >= 15 is 0 Å². The van der Waals surface area contributed by atoms with Gasteiger partial charge in [-0.3, -0.25) is 24.3 Å². The first kappa shape index (κ1) is 25.9. The van der Waals surface area contributed by atoms with Gasteiger partial charge < -0.3 is 23.9 Å². The minimum Gasteiger partial charge on any atom is -0.502 e. The highest BCUT2D eigenvalue weighted by atomic mass is 16.5. The van der Waals surface area contributed by atoms with Crippen LogP contribution >= 0.6 is 0 Å². The molecule has 1 atom stereocenters. The molecule has 1 aliphatic heterocycles. The van der Waals surface area contributed by atoms with E-state index in [-0.39, 0.29) is 18.8 Å². The van der Waals surface area contributed by atoms with E-state index in [0.717, 1.165) is 12.1 Å². The van der Waals surface area contributed by atoms with Crippen LogP contribution in [0.3, 0.4) is 0 Å². The summed E-state index contributed by atoms with van der Waals surface area (Å²) in [6.45, 7) is 2.98. The van der Waals surface area contributed by atoms with Crippen molar-refractivity contribution in [2.24, 2.45) is 0 Å². The number of amides is 1. The molecule has 2 aromatic heterocycles. The molecule has 0 unspecified atom stereocenters. The second-order valence-electron chi connectivity index (χ2n) is 8.72. The molecular weight excluding hydrogens is 478 g/mol. The van der Waals surface area contributed by atoms with Crippen LogP contribution < -0.4 is 10.2 Å². The molecule has 1 saturated heterocycles. The molecule has 3 heterocycles. The molecular formula is C27H29N3O7. The number of methoxy groups -OCH3 is 1. The number of esters is 1. The zero-order valence-electron chi connectivity index (χ0n) is 20.5. The lowest BCUT2D eigenvalue weighted by Crippen LogP contribution is -2.45. The largest absolute Gasteiger partial charge is 0.502 e. The average Bonchev–Trinajstić information content (AvgIpc) is 2.93. The summed E-state index contributed by atoms with van der Waals surface area (Å²) in [5.74, 6) is -0.990. The summed E-state index contributed by atoms with van der Waals surface area (Å²) < 4.78 is 16.8. The van der Waals surface area contributed by atoms with E-state index < -0.39 is 23.1 Å². The highest BCUT2D eigenvalue weighted by molar-refractivity contribution is 5.71. The van der Waals surface area contributed by atoms with Crippen LogP contribution in [0.5, 0.6) is 11.5 Å². The SMILES string of the molecule is COC(=O)C[C@H](c1cccc(OCc2ccccn2)c1)c1oc(CN2CCN(C=O)CC2)cc(=O)c1O. The maximum atomic E-state index is 12.7. The smallest absolute Gasteiger partial charge is 0.306 e. The van der Waals surface area contributed by atoms with E-state index in [1.807, 2.05) is 18.2 Å². The summed E-state index contributed by atoms with van der Waals surface area (Å²) in [4.78, 5) is 44.0. The summed E-state index contributed by atoms with van der Waals surface area (Å²) in [5, 5.41) is 10.7. The van der Waals surface area contributed by atoms with E-state index in [4.69, 9.17) is 13.9 Å². The van der Waals surface area contributed by atoms with Gasteiger partial charge in [-0.25, -0.2) is 0 Å². The molecule has 4 rings (SSSR count). The fourth-order valence-corrected chi connectivity index (χ4v) is 4.19. The Labute approximate surface area is 214 Å². The Morgan fingerprint density at radius 2 is 1.97 bits per heavy atom. The highest BCUT2D eigenvalue weighted by Gasteiger charge is 2.27. The Bertz CT molecular complexity index is 1270. The first-order valence-electron chi connectivity index (χ1n) is 11.9. The molecule has 0 spiro atoms. The molecule has 0 bridgehead atoms. The number of carbonyl (C=O) groups is 2. The molecule has 1 amide bonds. The third-order valence-electron chi connectivity index (χ3n) is 6.22. The molecule has 1 N–H and O–H groups in total. The van der Waals surface area contributed by atoms with Crippen molar-refractivity contribution < 1.29 is 28.6 Å². The number of ether oxygens (including phenoxy) is 2. The van der Waals surface area contributed by atoms with Gasteiger partial charge in [0.2, 0.25) is 17.6 Å². The normalized spacial score (nSPS) is 14.7. The number of pyridine rings is 1. The van der Waals surface area contributed by atoms with Gasteiger partial charge in [0.15, 0.2) is 5.76 Å². The number of piperazine rings is 1. The van der Waals surface area contributed by atoms with Crippen molar-refractivity contribution in [1.82, 2.24) is 14.8 Å². The van der Waals surface area contributed by atoms with Gasteiger partial charge in [-0.1, -0.05) is 18.2 Å². The van der Waals surface area contributed by atoms with Gasteiger partial charge in [0.1, 0.15) is 18.1 Å². The Morgan fingerprint density at radius 3 is 2.68 bits per heavy atom. The molecule has 1 aliphatic rings. The topological polar surface area (TPSA) is 122 Å². The summed E-state index contributed by atoms with van der Waals surface area (Å²) >= 11 is 0. The van der Waals surface area contributed by atoms with Gasteiger partial charge >= 0.3 is 5.97 Å². The monoisotopic (exact) mass is 507 g/mol. The quantitative estimate of drug-likeness (QED) is 0.325. The van der Waals surface area contributed by atoms with Crippen LogP contribution in [0.2, 0.25) is 0 Å². The molecule has 1 fully saturated rings. The van der Waals surface area contributed by atoms with Gasteiger partial charge in [0.25, 0.3) is 0 Å². The molecule has 0 radical (unpaired) electrons. The summed E-state index contributed by atoms with van der Waals surface area (Å²) in [5.41, 5.74) is 0.767. The zero-order valence-corrected chi connectivity index (χ0v) is 20.5. The van der Waals surface area contributed by atoms with Gasteiger partial charge in [-0.2, -0.15) is 0 Å². The molecule has 1 aromatic carbocycles. The first-order valence-corrected chi connectivity index (χ1v) is 11.9. The average molecular weight is 508 g/mol. The molecule has 10 nitrogen and oxygen atoms in total. The van der Waals surface area contributed by atoms with Gasteiger partial charge in [0.05, 0.1) is 31.7 Å². The number of benzene rings is 1. The van der Waals surface area contributed by atoms with Crippen molar-refractivity contribution in [1.29, 1.82) is 0 Å². The third kappa shape index (κ3) is 6.73. The maximum absolute atomic E-state index is 12.7. The number of carbonyl (C=O) groups excluding carboxylic acids is 2. The standard InChI is InChI=1S/C27H29N3O7/c1-35-25(33)15-23(19-5-4-7-21(13-19)36-17-20-6-2-3-8-28-20)27-26(34)24(32)14-22(37-27)16-29-9-11-30(18-31)12-10-29/h2-8,13-14,18,23,34H,9-12,15-17H2,1H3/t23-/m1/s1. The van der Waals surface area contributed by atoms with Crippen molar-refractivity contribution in [3.63, 3.8) is 0 Å². The van der Waals surface area contributed by atoms with Crippen LogP contribution in [0, 0.1) is 0 Å². The van der Waals surface area contributed by atoms with Crippen LogP contribution in [-0.2, 0) is 27.5 Å². The van der Waals surface area contributed by atoms with Crippen LogP contribution in [-0.4, -0.2) is 65.6 Å². The van der Waals surface area contributed by atoms with Gasteiger partial charge in [-0.15, -0.1) is 0 Å². The first-order chi connectivity index (χ1) is 18.0. The molecule has 3 aromatic rings. The highest BCUT2D eigenvalue weighted by Crippen LogP contribution is 2.35. The van der Waals surface area contributed by atoms with Crippen molar-refractivity contribution >= 4 is 12.4 Å². The predicted molar refractivity (Wildman–Crippen MR) is 133 cm³/mol. The van der Waals surface area contributed by atoms with E-state index in [1.165, 1.54) is 13.2 Å². The number of hydrogen-bond acceptors (Lipinski definition) is 9. The van der Waals surface area contributed by atoms with Crippen LogP contribution in [0.1, 0.15) is 35.1 Å². The summed E-state index contributed by atoms with van der Waals surface area (Å²) in [7, 11) is 1.28. The Morgan fingerprint density at radius 1 is 1.16 bits per heavy atom. The Kier molecular flexibility index (Phi) is 8.52. The number of hydrogen-bond donors (Lipinski definition) is 1. The molecule has 10 heteroatoms. The number of nitrogens with zero attached hydrogens (tertiary/aromatic N) is 3. The van der Waals surface area contributed by atoms with E-state index in [9.17, 15) is 19.5 Å². The van der Waals surface area contributed by atoms with Crippen molar-refractivity contribution in [2.45, 2.75) is 25.5 Å². The van der Waals surface area contributed by atoms with Crippen molar-refractivity contribution in [3.05, 3.63) is 87.7 Å². The number of aromatic hydroxyl groups is 1. The van der Waals surface area contributed by atoms with Crippen LogP contribution in [0.15, 0.2) is 63.9 Å². The fourth-order valence-electron chi connectivity index (χ4n) is 4.19. The number of aromatic nitrogens is 1. The lowest BCUT2D eigenvalue weighted by molar-refractivity contribution is -0.141. The Hall–Kier alpha value is -4.18. The predicted octanol–water partition coefficient (Wildman–Crippen LogP) is 2.29. The van der Waals surface area contributed by atoms with Crippen molar-refractivity contribution in [2.75, 3.05) is 33.3 Å². The zero-order chi connectivity index (χ0) is 26.2. The van der Waals surface area contributed by atoms with E-state index in [1.54, 1.807) is 35.4 Å². The Balaban J connectivity index is 1.61. The van der Waals surface area contributed by atoms with Crippen LogP contribution in [0.4, 0.5) is 0 Å². The summed E-state index contributed by atoms with van der Waals surface area (Å²) in [6, 6.07) is 13.8. The fraction of sp³-hybridized carbons (Fsp3) is 0.333. The number of rotatable bonds is 10. The second-order valence-corrected chi connectivity index (χ2v) is 8.72. The van der Waals surface area contributed by atoms with E-state index in [2.05, 4.69) is 9.88 Å². The lowest BCUT2D eigenvalue weighted by atomic mass is 9.92. The van der Waals surface area contributed by atoms with Crippen LogP contribution in [0.25, 0.3) is 0 Å². The van der Waals surface area contributed by atoms with E-state index in [0.29, 0.717) is 49.8 Å². The maximum Gasteiger partial charge on any atom is 0.306 e. The van der Waals surface area contributed by atoms with Gasteiger partial charge in [0, 0.05) is 38.4 Å². The molecule has 37 heavy (non-hydrogen) atoms. The summed E-state index contributed by atoms with van der Waals surface area (Å²) in [6.07, 6.45) is 2.35. The second kappa shape index (κ2) is 12.2. The lowest BCUT2D eigenvalue weighted by Gasteiger charge is -2.32. The third-order valence-corrected chi connectivity index (χ3v) is 6.22.